The molecule has 33 heavy (non-hydrogen) atoms. The molecule has 0 fully saturated rings. The van der Waals surface area contributed by atoms with Gasteiger partial charge >= 0.3 is 0 Å². The molecule has 1 aliphatic rings. The summed E-state index contributed by atoms with van der Waals surface area (Å²) in [4.78, 5) is 20.2. The van der Waals surface area contributed by atoms with Crippen LogP contribution in [0.1, 0.15) is 33.6 Å². The molecule has 2 aromatic rings. The van der Waals surface area contributed by atoms with Gasteiger partial charge in [0.05, 0.1) is 6.61 Å². The zero-order valence-electron chi connectivity index (χ0n) is 17.3. The number of carbonyl (C=O) groups excluding carboxylic acids is 1. The normalized spacial score (nSPS) is 19.9. The van der Waals surface area contributed by atoms with Crippen LogP contribution >= 0.6 is 0 Å². The van der Waals surface area contributed by atoms with Crippen LogP contribution in [0.5, 0.6) is 0 Å². The van der Waals surface area contributed by atoms with Gasteiger partial charge in [-0.15, -0.1) is 0 Å². The first-order chi connectivity index (χ1) is 15.6. The van der Waals surface area contributed by atoms with Crippen molar-refractivity contribution in [1.29, 1.82) is 0 Å². The lowest BCUT2D eigenvalue weighted by Crippen LogP contribution is -2.58. The highest BCUT2D eigenvalue weighted by Crippen LogP contribution is 2.37. The number of hydrogen-bond acceptors (Lipinski definition) is 5. The number of nitrogens with one attached hydrogen (secondary N) is 1. The van der Waals surface area contributed by atoms with E-state index in [0.29, 0.717) is 0 Å². The molecule has 1 aromatic heterocycles. The summed E-state index contributed by atoms with van der Waals surface area (Å²) < 4.78 is 86.1. The van der Waals surface area contributed by atoms with Crippen molar-refractivity contribution < 1.29 is 35.9 Å². The first-order valence-electron chi connectivity index (χ1n) is 9.65. The number of pyridine rings is 1. The summed E-state index contributed by atoms with van der Waals surface area (Å²) in [6.45, 7) is -3.30. The summed E-state index contributed by atoms with van der Waals surface area (Å²) in [6, 6.07) is 4.30. The summed E-state index contributed by atoms with van der Waals surface area (Å²) >= 11 is 0. The number of benzene rings is 1. The first-order valence-corrected chi connectivity index (χ1v) is 9.65. The van der Waals surface area contributed by atoms with E-state index in [9.17, 15) is 31.1 Å². The van der Waals surface area contributed by atoms with E-state index in [1.165, 1.54) is 13.0 Å². The molecular formula is C21H20F6N4O2. The van der Waals surface area contributed by atoms with Crippen molar-refractivity contribution in [3.63, 3.8) is 0 Å². The Kier molecular flexibility index (Phi) is 6.96. The number of anilines is 1. The number of alkyl halides is 5. The standard InChI is InChI=1S/C21H20F6N4O2/c1-11-4-12(17(26)27)6-29-16(11)18(32)30-13-2-3-15(25)14(5-13)20(7-22)10-33-21(8-23,9-24)19(28)31-20/h2-6,17H,7-10H2,1H3,(H2,28,31)(H,30,32). The molecule has 1 amide bonds. The molecule has 178 valence electrons. The van der Waals surface area contributed by atoms with Gasteiger partial charge in [0.25, 0.3) is 12.3 Å². The van der Waals surface area contributed by atoms with Crippen molar-refractivity contribution >= 4 is 17.4 Å². The van der Waals surface area contributed by atoms with Crippen LogP contribution in [0.2, 0.25) is 0 Å². The Balaban J connectivity index is 1.94. The summed E-state index contributed by atoms with van der Waals surface area (Å²) in [5, 5.41) is 2.43. The van der Waals surface area contributed by atoms with E-state index >= 15 is 0 Å². The van der Waals surface area contributed by atoms with Crippen molar-refractivity contribution in [1.82, 2.24) is 4.98 Å². The van der Waals surface area contributed by atoms with E-state index in [0.717, 1.165) is 24.4 Å². The lowest BCUT2D eigenvalue weighted by atomic mass is 9.88. The average molecular weight is 474 g/mol. The van der Waals surface area contributed by atoms with E-state index in [1.54, 1.807) is 0 Å². The molecule has 0 bridgehead atoms. The minimum Gasteiger partial charge on any atom is -0.385 e. The molecule has 6 nitrogen and oxygen atoms in total. The second kappa shape index (κ2) is 9.38. The highest BCUT2D eigenvalue weighted by molar-refractivity contribution is 6.03. The van der Waals surface area contributed by atoms with Gasteiger partial charge in [0.2, 0.25) is 0 Å². The van der Waals surface area contributed by atoms with Gasteiger partial charge in [-0.25, -0.2) is 26.3 Å². The van der Waals surface area contributed by atoms with Crippen LogP contribution in [-0.2, 0) is 10.3 Å². The Morgan fingerprint density at radius 1 is 1.21 bits per heavy atom. The third-order valence-corrected chi connectivity index (χ3v) is 5.33. The Morgan fingerprint density at radius 3 is 2.45 bits per heavy atom. The highest BCUT2D eigenvalue weighted by atomic mass is 19.3. The lowest BCUT2D eigenvalue weighted by molar-refractivity contribution is -0.0644. The number of ether oxygens (including phenoxy) is 1. The number of amidine groups is 1. The monoisotopic (exact) mass is 474 g/mol. The minimum absolute atomic E-state index is 0.00459. The average Bonchev–Trinajstić information content (AvgIpc) is 2.80. The van der Waals surface area contributed by atoms with Crippen molar-refractivity contribution in [3.8, 4) is 0 Å². The second-order valence-corrected chi connectivity index (χ2v) is 7.60. The van der Waals surface area contributed by atoms with Crippen LogP contribution < -0.4 is 11.1 Å². The minimum atomic E-state index is -2.76. The second-order valence-electron chi connectivity index (χ2n) is 7.60. The third-order valence-electron chi connectivity index (χ3n) is 5.33. The molecule has 0 spiro atoms. The van der Waals surface area contributed by atoms with Gasteiger partial charge in [-0.05, 0) is 36.8 Å². The van der Waals surface area contributed by atoms with Gasteiger partial charge in [0.1, 0.15) is 42.9 Å². The predicted octanol–water partition coefficient (Wildman–Crippen LogP) is 3.95. The van der Waals surface area contributed by atoms with Crippen molar-refractivity contribution in [2.75, 3.05) is 31.9 Å². The number of halogens is 6. The van der Waals surface area contributed by atoms with Gasteiger partial charge in [-0.2, -0.15) is 0 Å². The van der Waals surface area contributed by atoms with Gasteiger partial charge in [0.15, 0.2) is 5.60 Å². The predicted molar refractivity (Wildman–Crippen MR) is 108 cm³/mol. The van der Waals surface area contributed by atoms with E-state index < -0.39 is 61.8 Å². The van der Waals surface area contributed by atoms with Gasteiger partial charge < -0.3 is 15.8 Å². The largest absolute Gasteiger partial charge is 0.385 e. The smallest absolute Gasteiger partial charge is 0.274 e. The van der Waals surface area contributed by atoms with E-state index in [2.05, 4.69) is 15.3 Å². The Labute approximate surface area is 184 Å². The van der Waals surface area contributed by atoms with Gasteiger partial charge in [0, 0.05) is 23.0 Å². The van der Waals surface area contributed by atoms with Crippen molar-refractivity contribution in [2.45, 2.75) is 24.5 Å². The third kappa shape index (κ3) is 4.52. The number of rotatable bonds is 7. The molecule has 0 saturated carbocycles. The van der Waals surface area contributed by atoms with E-state index in [-0.39, 0.29) is 28.1 Å². The molecule has 1 unspecified atom stereocenters. The zero-order chi connectivity index (χ0) is 24.4. The lowest BCUT2D eigenvalue weighted by Gasteiger charge is -2.40. The maximum absolute atomic E-state index is 14.6. The molecule has 1 aromatic carbocycles. The van der Waals surface area contributed by atoms with Crippen LogP contribution in [0.3, 0.4) is 0 Å². The summed E-state index contributed by atoms with van der Waals surface area (Å²) in [6.07, 6.45) is -1.90. The fourth-order valence-corrected chi connectivity index (χ4v) is 3.33. The van der Waals surface area contributed by atoms with E-state index in [4.69, 9.17) is 10.5 Å². The Morgan fingerprint density at radius 2 is 1.91 bits per heavy atom. The number of carbonyl (C=O) groups is 1. The van der Waals surface area contributed by atoms with Gasteiger partial charge in [-0.3, -0.25) is 14.8 Å². The molecular weight excluding hydrogens is 454 g/mol. The zero-order valence-corrected chi connectivity index (χ0v) is 17.3. The maximum atomic E-state index is 14.6. The summed E-state index contributed by atoms with van der Waals surface area (Å²) in [5.74, 6) is -2.37. The van der Waals surface area contributed by atoms with Gasteiger partial charge in [-0.1, -0.05) is 0 Å². The quantitative estimate of drug-likeness (QED) is 0.595. The van der Waals surface area contributed by atoms with Crippen LogP contribution in [0.15, 0.2) is 35.5 Å². The van der Waals surface area contributed by atoms with Crippen LogP contribution in [0.4, 0.5) is 32.0 Å². The number of amides is 1. The Hall–Kier alpha value is -3.15. The van der Waals surface area contributed by atoms with Crippen molar-refractivity contribution in [3.05, 3.63) is 58.7 Å². The number of hydrogen-bond donors (Lipinski definition) is 2. The molecule has 0 radical (unpaired) electrons. The van der Waals surface area contributed by atoms with Crippen LogP contribution in [0.25, 0.3) is 0 Å². The molecule has 0 saturated heterocycles. The number of aliphatic imine (C=N–C) groups is 1. The number of aromatic nitrogens is 1. The number of aryl methyl sites for hydroxylation is 1. The summed E-state index contributed by atoms with van der Waals surface area (Å²) in [7, 11) is 0. The fraction of sp³-hybridized carbons (Fsp3) is 0.381. The SMILES string of the molecule is Cc1cc(C(F)F)cnc1C(=O)Nc1ccc(F)c(C2(CF)COC(CF)(CF)C(N)=N2)c1. The van der Waals surface area contributed by atoms with Crippen molar-refractivity contribution in [2.24, 2.45) is 10.7 Å². The number of nitrogens with two attached hydrogens (primary N) is 1. The molecule has 1 atom stereocenters. The summed E-state index contributed by atoms with van der Waals surface area (Å²) in [5.41, 5.74) is 0.751. The molecule has 12 heteroatoms. The number of nitrogens with zero attached hydrogens (tertiary/aromatic N) is 2. The highest BCUT2D eigenvalue weighted by Gasteiger charge is 2.48. The molecule has 0 aliphatic carbocycles. The van der Waals surface area contributed by atoms with Crippen LogP contribution in [-0.4, -0.2) is 49.0 Å². The molecule has 1 aliphatic heterocycles. The Bertz CT molecular complexity index is 1080. The maximum Gasteiger partial charge on any atom is 0.274 e. The topological polar surface area (TPSA) is 89.6 Å². The van der Waals surface area contributed by atoms with Crippen LogP contribution in [0, 0.1) is 12.7 Å². The first kappa shape index (κ1) is 24.5. The fourth-order valence-electron chi connectivity index (χ4n) is 3.33. The van der Waals surface area contributed by atoms with E-state index in [1.807, 2.05) is 0 Å². The molecule has 3 N–H and O–H groups in total. The molecule has 2 heterocycles. The molecule has 3 rings (SSSR count).